The highest BCUT2D eigenvalue weighted by molar-refractivity contribution is 5.94. The first-order valence-corrected chi connectivity index (χ1v) is 10.7. The molecular weight excluding hydrogens is 418 g/mol. The van der Waals surface area contributed by atoms with E-state index in [4.69, 9.17) is 0 Å². The van der Waals surface area contributed by atoms with E-state index in [1.807, 2.05) is 12.3 Å². The summed E-state index contributed by atoms with van der Waals surface area (Å²) in [4.78, 5) is 30.8. The van der Waals surface area contributed by atoms with Crippen molar-refractivity contribution >= 4 is 17.2 Å². The molecule has 0 unspecified atom stereocenters. The maximum atomic E-state index is 14.6. The van der Waals surface area contributed by atoms with Gasteiger partial charge in [0.05, 0.1) is 16.9 Å². The number of rotatable bonds is 5. The van der Waals surface area contributed by atoms with Gasteiger partial charge in [0.1, 0.15) is 5.65 Å². The molecule has 2 fully saturated rings. The summed E-state index contributed by atoms with van der Waals surface area (Å²) in [5, 5.41) is 6.91. The molecule has 1 saturated heterocycles. The van der Waals surface area contributed by atoms with Crippen molar-refractivity contribution in [2.75, 3.05) is 38.1 Å². The Bertz CT molecular complexity index is 1240. The summed E-state index contributed by atoms with van der Waals surface area (Å²) >= 11 is 0. The lowest BCUT2D eigenvalue weighted by Crippen LogP contribution is -2.46. The lowest BCUT2D eigenvalue weighted by Gasteiger charge is -2.36. The number of nitrogens with one attached hydrogen (secondary N) is 2. The van der Waals surface area contributed by atoms with Crippen LogP contribution in [0, 0.1) is 11.6 Å². The second kappa shape index (κ2) is 8.01. The van der Waals surface area contributed by atoms with Crippen LogP contribution in [0.1, 0.15) is 40.4 Å². The third-order valence-corrected chi connectivity index (χ3v) is 6.20. The van der Waals surface area contributed by atoms with Crippen molar-refractivity contribution in [3.63, 3.8) is 0 Å². The van der Waals surface area contributed by atoms with Crippen molar-refractivity contribution in [3.05, 3.63) is 63.2 Å². The predicted octanol–water partition coefficient (Wildman–Crippen LogP) is 1.86. The Balaban J connectivity index is 1.26. The highest BCUT2D eigenvalue weighted by atomic mass is 19.2. The lowest BCUT2D eigenvalue weighted by atomic mass is 10.1. The van der Waals surface area contributed by atoms with E-state index in [0.717, 1.165) is 24.1 Å². The van der Waals surface area contributed by atoms with Crippen LogP contribution in [0.4, 0.5) is 14.5 Å². The topological polar surface area (TPSA) is 85.7 Å². The molecule has 1 aliphatic heterocycles. The molecular formula is C22H24F2N6O2. The fraction of sp³-hybridized carbons (Fsp3) is 0.409. The number of carbonyl (C=O) groups is 1. The number of carbonyl (C=O) groups excluding carboxylic acids is 1. The summed E-state index contributed by atoms with van der Waals surface area (Å²) in [5.74, 6) is -2.45. The van der Waals surface area contributed by atoms with Gasteiger partial charge in [-0.05, 0) is 30.9 Å². The van der Waals surface area contributed by atoms with Crippen LogP contribution in [0.15, 0.2) is 29.2 Å². The number of fused-ring (bicyclic) bond motifs is 1. The van der Waals surface area contributed by atoms with E-state index >= 15 is 0 Å². The second-order valence-electron chi connectivity index (χ2n) is 8.38. The van der Waals surface area contributed by atoms with Gasteiger partial charge in [-0.1, -0.05) is 0 Å². The largest absolute Gasteiger partial charge is 0.367 e. The molecule has 1 saturated carbocycles. The molecule has 2 aliphatic rings. The summed E-state index contributed by atoms with van der Waals surface area (Å²) in [6.45, 7) is 2.94. The number of nitrogens with zero attached hydrogens (tertiary/aromatic N) is 4. The van der Waals surface area contributed by atoms with Gasteiger partial charge in [0.25, 0.3) is 11.5 Å². The van der Waals surface area contributed by atoms with Gasteiger partial charge in [-0.3, -0.25) is 14.5 Å². The average molecular weight is 442 g/mol. The smallest absolute Gasteiger partial charge is 0.254 e. The molecule has 3 heterocycles. The van der Waals surface area contributed by atoms with Crippen molar-refractivity contribution in [2.24, 2.45) is 0 Å². The average Bonchev–Trinajstić information content (AvgIpc) is 3.56. The SMILES string of the molecule is CNC(=O)c1ccc(N2CCN(Cc3cc4[nH]c(=O)c(C5CC5)cn4n3)CC2)c(F)c1F. The predicted molar refractivity (Wildman–Crippen MR) is 115 cm³/mol. The van der Waals surface area contributed by atoms with Gasteiger partial charge in [-0.15, -0.1) is 0 Å². The molecule has 0 bridgehead atoms. The first kappa shape index (κ1) is 20.6. The lowest BCUT2D eigenvalue weighted by molar-refractivity contribution is 0.0958. The van der Waals surface area contributed by atoms with Crippen molar-refractivity contribution in [2.45, 2.75) is 25.3 Å². The minimum Gasteiger partial charge on any atom is -0.367 e. The van der Waals surface area contributed by atoms with Crippen molar-refractivity contribution in [3.8, 4) is 0 Å². The number of aromatic amines is 1. The molecule has 5 rings (SSSR count). The maximum Gasteiger partial charge on any atom is 0.254 e. The van der Waals surface area contributed by atoms with Crippen molar-refractivity contribution in [1.29, 1.82) is 0 Å². The molecule has 168 valence electrons. The van der Waals surface area contributed by atoms with Crippen LogP contribution in [0.2, 0.25) is 0 Å². The van der Waals surface area contributed by atoms with Crippen LogP contribution in [0.5, 0.6) is 0 Å². The van der Waals surface area contributed by atoms with Crippen LogP contribution in [0.3, 0.4) is 0 Å². The summed E-state index contributed by atoms with van der Waals surface area (Å²) in [6, 6.07) is 4.64. The molecule has 1 aromatic carbocycles. The molecule has 1 amide bonds. The molecule has 0 radical (unpaired) electrons. The van der Waals surface area contributed by atoms with Gasteiger partial charge >= 0.3 is 0 Å². The Morgan fingerprint density at radius 3 is 2.62 bits per heavy atom. The van der Waals surface area contributed by atoms with Gasteiger partial charge in [0.2, 0.25) is 0 Å². The van der Waals surface area contributed by atoms with Crippen LogP contribution in [-0.2, 0) is 6.54 Å². The fourth-order valence-electron chi connectivity index (χ4n) is 4.25. The number of anilines is 1. The summed E-state index contributed by atoms with van der Waals surface area (Å²) in [6.07, 6.45) is 3.92. The highest BCUT2D eigenvalue weighted by Gasteiger charge is 2.27. The monoisotopic (exact) mass is 442 g/mol. The number of aromatic nitrogens is 3. The Morgan fingerprint density at radius 2 is 1.94 bits per heavy atom. The minimum atomic E-state index is -1.13. The van der Waals surface area contributed by atoms with Crippen LogP contribution >= 0.6 is 0 Å². The summed E-state index contributed by atoms with van der Waals surface area (Å²) in [7, 11) is 1.37. The second-order valence-corrected chi connectivity index (χ2v) is 8.38. The zero-order valence-electron chi connectivity index (χ0n) is 17.7. The maximum absolute atomic E-state index is 14.6. The number of H-pyrrole nitrogens is 1. The normalized spacial score (nSPS) is 17.2. The molecule has 3 aromatic rings. The molecule has 0 spiro atoms. The van der Waals surface area contributed by atoms with Crippen molar-refractivity contribution < 1.29 is 13.6 Å². The van der Waals surface area contributed by atoms with E-state index in [1.165, 1.54) is 19.2 Å². The summed E-state index contributed by atoms with van der Waals surface area (Å²) < 4.78 is 30.6. The van der Waals surface area contributed by atoms with Gasteiger partial charge in [0.15, 0.2) is 11.6 Å². The molecule has 10 heteroatoms. The van der Waals surface area contributed by atoms with Crippen LogP contribution in [0.25, 0.3) is 5.65 Å². The van der Waals surface area contributed by atoms with Gasteiger partial charge in [-0.25, -0.2) is 13.3 Å². The highest BCUT2D eigenvalue weighted by Crippen LogP contribution is 2.38. The van der Waals surface area contributed by atoms with Crippen LogP contribution < -0.4 is 15.8 Å². The standard InChI is InChI=1S/C22H24F2N6O2/c1-25-21(31)15-4-5-17(20(24)19(15)23)29-8-6-28(7-9-29)11-14-10-18-26-22(32)16(13-2-3-13)12-30(18)27-14/h4-5,10,12-13H,2-3,6-9,11H2,1H3,(H,25,31)(H,26,32). The summed E-state index contributed by atoms with van der Waals surface area (Å²) in [5.41, 5.74) is 2.11. The fourth-order valence-corrected chi connectivity index (χ4v) is 4.25. The van der Waals surface area contributed by atoms with E-state index in [-0.39, 0.29) is 16.8 Å². The van der Waals surface area contributed by atoms with E-state index in [9.17, 15) is 18.4 Å². The minimum absolute atomic E-state index is 0.0447. The number of benzene rings is 1. The molecule has 2 N–H and O–H groups in total. The van der Waals surface area contributed by atoms with Crippen LogP contribution in [-0.4, -0.2) is 58.6 Å². The quantitative estimate of drug-likeness (QED) is 0.630. The number of piperazine rings is 1. The third-order valence-electron chi connectivity index (χ3n) is 6.20. The Hall–Kier alpha value is -3.27. The first-order valence-electron chi connectivity index (χ1n) is 10.7. The Kier molecular flexibility index (Phi) is 5.16. The number of amides is 1. The molecule has 0 atom stereocenters. The van der Waals surface area contributed by atoms with Gasteiger partial charge in [0, 0.05) is 57.6 Å². The van der Waals surface area contributed by atoms with E-state index in [1.54, 1.807) is 9.42 Å². The van der Waals surface area contributed by atoms with E-state index < -0.39 is 17.5 Å². The zero-order chi connectivity index (χ0) is 22.4. The van der Waals surface area contributed by atoms with Crippen molar-refractivity contribution in [1.82, 2.24) is 24.8 Å². The molecule has 8 nitrogen and oxygen atoms in total. The van der Waals surface area contributed by atoms with Gasteiger partial charge in [-0.2, -0.15) is 5.10 Å². The van der Waals surface area contributed by atoms with E-state index in [0.29, 0.717) is 44.3 Å². The Labute approximate surface area is 182 Å². The molecule has 2 aromatic heterocycles. The zero-order valence-corrected chi connectivity index (χ0v) is 17.7. The number of hydrogen-bond acceptors (Lipinski definition) is 5. The molecule has 32 heavy (non-hydrogen) atoms. The number of halogens is 2. The number of hydrogen-bond donors (Lipinski definition) is 2. The van der Waals surface area contributed by atoms with E-state index in [2.05, 4.69) is 20.3 Å². The molecule has 1 aliphatic carbocycles. The van der Waals surface area contributed by atoms with Gasteiger partial charge < -0.3 is 15.2 Å². The Morgan fingerprint density at radius 1 is 1.19 bits per heavy atom. The first-order chi connectivity index (χ1) is 15.4. The third kappa shape index (κ3) is 3.75.